The Morgan fingerprint density at radius 3 is 2.30 bits per heavy atom. The zero-order valence-corrected chi connectivity index (χ0v) is 18.7. The fourth-order valence-electron chi connectivity index (χ4n) is 3.32. The first-order chi connectivity index (χ1) is 14.4. The summed E-state index contributed by atoms with van der Waals surface area (Å²) in [7, 11) is 5.32. The fourth-order valence-corrected chi connectivity index (χ4v) is 4.14. The number of benzene rings is 2. The molecule has 2 aromatic carbocycles. The van der Waals surface area contributed by atoms with Crippen molar-refractivity contribution < 1.29 is 14.3 Å². The van der Waals surface area contributed by atoms with Gasteiger partial charge in [-0.3, -0.25) is 9.69 Å². The molecule has 3 rings (SSSR count). The van der Waals surface area contributed by atoms with Gasteiger partial charge in [-0.2, -0.15) is 0 Å². The maximum Gasteiger partial charge on any atom is 0.286 e. The number of ether oxygens (including phenoxy) is 2. The van der Waals surface area contributed by atoms with Crippen molar-refractivity contribution in [3.63, 3.8) is 0 Å². The van der Waals surface area contributed by atoms with E-state index in [0.29, 0.717) is 17.2 Å². The average Bonchev–Trinajstić information content (AvgIpc) is 3.17. The maximum absolute atomic E-state index is 12.4. The number of anilines is 1. The van der Waals surface area contributed by atoms with E-state index in [1.807, 2.05) is 20.9 Å². The number of hydrogen-bond donors (Lipinski definition) is 1. The number of carbonyl (C=O) groups excluding carboxylic acids is 1. The standard InChI is InChI=1S/C22H26N4O3S/c1-14-10-16(11-15(2)20(14)29-5)12-26(3)13-19-24-25-22(30-19)21(27)23-17-6-8-18(28-4)9-7-17/h6-11H,12-13H2,1-5H3,(H,23,27). The van der Waals surface area contributed by atoms with Crippen LogP contribution in [-0.2, 0) is 13.1 Å². The fraction of sp³-hybridized carbons (Fsp3) is 0.318. The number of amides is 1. The largest absolute Gasteiger partial charge is 0.497 e. The Kier molecular flexibility index (Phi) is 7.02. The van der Waals surface area contributed by atoms with Crippen molar-refractivity contribution in [2.75, 3.05) is 26.6 Å². The monoisotopic (exact) mass is 426 g/mol. The molecule has 0 aliphatic carbocycles. The summed E-state index contributed by atoms with van der Waals surface area (Å²) in [6, 6.07) is 11.4. The van der Waals surface area contributed by atoms with Gasteiger partial charge < -0.3 is 14.8 Å². The lowest BCUT2D eigenvalue weighted by atomic mass is 10.1. The summed E-state index contributed by atoms with van der Waals surface area (Å²) in [5, 5.41) is 12.2. The van der Waals surface area contributed by atoms with Crippen LogP contribution in [0.25, 0.3) is 0 Å². The molecule has 0 radical (unpaired) electrons. The molecule has 1 heterocycles. The van der Waals surface area contributed by atoms with E-state index >= 15 is 0 Å². The topological polar surface area (TPSA) is 76.6 Å². The van der Waals surface area contributed by atoms with Gasteiger partial charge in [-0.05, 0) is 61.9 Å². The lowest BCUT2D eigenvalue weighted by molar-refractivity contribution is 0.102. The molecule has 1 amide bonds. The second-order valence-corrected chi connectivity index (χ2v) is 8.18. The molecule has 0 bridgehead atoms. The van der Waals surface area contributed by atoms with E-state index in [9.17, 15) is 4.79 Å². The Bertz CT molecular complexity index is 994. The summed E-state index contributed by atoms with van der Waals surface area (Å²) in [6.07, 6.45) is 0. The highest BCUT2D eigenvalue weighted by molar-refractivity contribution is 7.13. The molecular weight excluding hydrogens is 400 g/mol. The first kappa shape index (κ1) is 21.7. The maximum atomic E-state index is 12.4. The minimum absolute atomic E-state index is 0.270. The van der Waals surface area contributed by atoms with Gasteiger partial charge in [0.15, 0.2) is 0 Å². The molecule has 0 unspecified atom stereocenters. The molecule has 8 heteroatoms. The van der Waals surface area contributed by atoms with E-state index in [2.05, 4.69) is 32.5 Å². The van der Waals surface area contributed by atoms with E-state index in [0.717, 1.165) is 34.2 Å². The number of nitrogens with zero attached hydrogens (tertiary/aromatic N) is 3. The van der Waals surface area contributed by atoms with Crippen molar-refractivity contribution in [3.8, 4) is 11.5 Å². The van der Waals surface area contributed by atoms with E-state index < -0.39 is 0 Å². The summed E-state index contributed by atoms with van der Waals surface area (Å²) >= 11 is 1.30. The smallest absolute Gasteiger partial charge is 0.286 e. The van der Waals surface area contributed by atoms with Crippen LogP contribution in [0.2, 0.25) is 0 Å². The summed E-state index contributed by atoms with van der Waals surface area (Å²) in [4.78, 5) is 14.6. The Labute approximate surface area is 180 Å². The van der Waals surface area contributed by atoms with Crippen LogP contribution in [0, 0.1) is 13.8 Å². The van der Waals surface area contributed by atoms with E-state index in [1.165, 1.54) is 16.9 Å². The van der Waals surface area contributed by atoms with Gasteiger partial charge in [0, 0.05) is 12.2 Å². The Morgan fingerprint density at radius 2 is 1.70 bits per heavy atom. The third kappa shape index (κ3) is 5.34. The minimum atomic E-state index is -0.270. The molecule has 3 aromatic rings. The van der Waals surface area contributed by atoms with E-state index in [4.69, 9.17) is 9.47 Å². The van der Waals surface area contributed by atoms with Crippen LogP contribution in [0.4, 0.5) is 5.69 Å². The van der Waals surface area contributed by atoms with Gasteiger partial charge in [-0.1, -0.05) is 23.5 Å². The molecule has 0 saturated heterocycles. The molecule has 158 valence electrons. The van der Waals surface area contributed by atoms with E-state index in [-0.39, 0.29) is 5.91 Å². The van der Waals surface area contributed by atoms with Gasteiger partial charge in [0.05, 0.1) is 20.8 Å². The third-order valence-corrected chi connectivity index (χ3v) is 5.50. The normalized spacial score (nSPS) is 10.9. The molecule has 0 aliphatic heterocycles. The zero-order valence-electron chi connectivity index (χ0n) is 17.9. The predicted molar refractivity (Wildman–Crippen MR) is 118 cm³/mol. The van der Waals surface area contributed by atoms with Gasteiger partial charge in [-0.15, -0.1) is 10.2 Å². The second kappa shape index (κ2) is 9.69. The summed E-state index contributed by atoms with van der Waals surface area (Å²) in [5.74, 6) is 1.39. The second-order valence-electron chi connectivity index (χ2n) is 7.12. The Morgan fingerprint density at radius 1 is 1.03 bits per heavy atom. The number of carbonyl (C=O) groups is 1. The molecule has 0 aliphatic rings. The summed E-state index contributed by atoms with van der Waals surface area (Å²) in [6.45, 7) is 5.47. The number of hydrogen-bond acceptors (Lipinski definition) is 7. The Hall–Kier alpha value is -2.97. The minimum Gasteiger partial charge on any atom is -0.497 e. The quantitative estimate of drug-likeness (QED) is 0.585. The van der Waals surface area contributed by atoms with Crippen LogP contribution < -0.4 is 14.8 Å². The molecule has 1 N–H and O–H groups in total. The number of nitrogens with one attached hydrogen (secondary N) is 1. The highest BCUT2D eigenvalue weighted by atomic mass is 32.1. The van der Waals surface area contributed by atoms with Crippen LogP contribution in [0.1, 0.15) is 31.5 Å². The zero-order chi connectivity index (χ0) is 21.7. The number of rotatable bonds is 8. The van der Waals surface area contributed by atoms with Crippen molar-refractivity contribution in [3.05, 3.63) is 63.1 Å². The average molecular weight is 427 g/mol. The molecule has 0 saturated carbocycles. The van der Waals surface area contributed by atoms with Gasteiger partial charge in [0.25, 0.3) is 5.91 Å². The van der Waals surface area contributed by atoms with Crippen molar-refractivity contribution >= 4 is 22.9 Å². The van der Waals surface area contributed by atoms with Crippen LogP contribution >= 0.6 is 11.3 Å². The Balaban J connectivity index is 1.59. The van der Waals surface area contributed by atoms with Crippen molar-refractivity contribution in [1.29, 1.82) is 0 Å². The molecule has 30 heavy (non-hydrogen) atoms. The summed E-state index contributed by atoms with van der Waals surface area (Å²) in [5.41, 5.74) is 4.12. The third-order valence-electron chi connectivity index (χ3n) is 4.59. The molecule has 0 spiro atoms. The summed E-state index contributed by atoms with van der Waals surface area (Å²) < 4.78 is 10.6. The number of methoxy groups -OCH3 is 2. The first-order valence-corrected chi connectivity index (χ1v) is 10.3. The molecule has 1 aromatic heterocycles. The highest BCUT2D eigenvalue weighted by Gasteiger charge is 2.15. The highest BCUT2D eigenvalue weighted by Crippen LogP contribution is 2.25. The van der Waals surface area contributed by atoms with Crippen molar-refractivity contribution in [1.82, 2.24) is 15.1 Å². The SMILES string of the molecule is COc1ccc(NC(=O)c2nnc(CN(C)Cc3cc(C)c(OC)c(C)c3)s2)cc1. The van der Waals surface area contributed by atoms with Gasteiger partial charge in [-0.25, -0.2) is 0 Å². The molecule has 0 fully saturated rings. The van der Waals surface area contributed by atoms with Crippen LogP contribution in [-0.4, -0.2) is 42.3 Å². The lowest BCUT2D eigenvalue weighted by Crippen LogP contribution is -2.17. The molecule has 7 nitrogen and oxygen atoms in total. The lowest BCUT2D eigenvalue weighted by Gasteiger charge is -2.17. The molecular formula is C22H26N4O3S. The van der Waals surface area contributed by atoms with E-state index in [1.54, 1.807) is 38.5 Å². The predicted octanol–water partition coefficient (Wildman–Crippen LogP) is 4.06. The molecule has 0 atom stereocenters. The van der Waals surface area contributed by atoms with Crippen LogP contribution in [0.3, 0.4) is 0 Å². The first-order valence-electron chi connectivity index (χ1n) is 9.50. The van der Waals surface area contributed by atoms with Gasteiger partial charge in [0.1, 0.15) is 16.5 Å². The van der Waals surface area contributed by atoms with Gasteiger partial charge >= 0.3 is 0 Å². The number of aryl methyl sites for hydroxylation is 2. The van der Waals surface area contributed by atoms with Crippen LogP contribution in [0.15, 0.2) is 36.4 Å². The van der Waals surface area contributed by atoms with Gasteiger partial charge in [0.2, 0.25) is 5.01 Å². The van der Waals surface area contributed by atoms with Crippen molar-refractivity contribution in [2.24, 2.45) is 0 Å². The number of aromatic nitrogens is 2. The van der Waals surface area contributed by atoms with Crippen molar-refractivity contribution in [2.45, 2.75) is 26.9 Å². The van der Waals surface area contributed by atoms with Crippen LogP contribution in [0.5, 0.6) is 11.5 Å².